The highest BCUT2D eigenvalue weighted by Crippen LogP contribution is 2.41. The zero-order valence-electron chi connectivity index (χ0n) is 9.54. The minimum atomic E-state index is -4.65. The molecule has 0 saturated carbocycles. The van der Waals surface area contributed by atoms with Gasteiger partial charge in [0, 0.05) is 4.90 Å². The van der Waals surface area contributed by atoms with E-state index in [0.29, 0.717) is 23.9 Å². The van der Waals surface area contributed by atoms with E-state index in [0.717, 1.165) is 0 Å². The van der Waals surface area contributed by atoms with E-state index >= 15 is 0 Å². The van der Waals surface area contributed by atoms with E-state index < -0.39 is 28.4 Å². The van der Waals surface area contributed by atoms with E-state index in [1.165, 1.54) is 13.2 Å². The van der Waals surface area contributed by atoms with Crippen LogP contribution >= 0.6 is 11.8 Å². The topological polar surface area (TPSA) is 0 Å². The lowest BCUT2D eigenvalue weighted by molar-refractivity contribution is -0.143. The minimum absolute atomic E-state index is 0.105. The van der Waals surface area contributed by atoms with Crippen LogP contribution in [-0.4, -0.2) is 6.26 Å². The van der Waals surface area contributed by atoms with Crippen molar-refractivity contribution in [2.24, 2.45) is 0 Å². The Hall–Kier alpha value is -0.850. The van der Waals surface area contributed by atoms with Gasteiger partial charge >= 0.3 is 12.4 Å². The van der Waals surface area contributed by atoms with Gasteiger partial charge in [0.1, 0.15) is 0 Å². The first-order valence-corrected chi connectivity index (χ1v) is 6.19. The molecule has 1 rings (SSSR count). The molecule has 0 fully saturated rings. The summed E-state index contributed by atoms with van der Waals surface area (Å²) >= 11 is 0.652. The Morgan fingerprint density at radius 2 is 1.44 bits per heavy atom. The molecule has 0 unspecified atom stereocenters. The monoisotopic (exact) mass is 288 g/mol. The van der Waals surface area contributed by atoms with Crippen LogP contribution in [0.3, 0.4) is 0 Å². The van der Waals surface area contributed by atoms with Gasteiger partial charge in [0.25, 0.3) is 0 Å². The molecular weight excluding hydrogens is 278 g/mol. The number of rotatable bonds is 2. The van der Waals surface area contributed by atoms with Gasteiger partial charge in [0.05, 0.1) is 11.1 Å². The fraction of sp³-hybridized carbons (Fsp3) is 0.455. The van der Waals surface area contributed by atoms with Crippen LogP contribution in [0.1, 0.15) is 23.6 Å². The molecule has 0 nitrogen and oxygen atoms in total. The molecule has 0 atom stereocenters. The zero-order valence-corrected chi connectivity index (χ0v) is 10.4. The highest BCUT2D eigenvalue weighted by molar-refractivity contribution is 7.98. The average molecular weight is 288 g/mol. The summed E-state index contributed by atoms with van der Waals surface area (Å²) in [6.45, 7) is 1.39. The predicted octanol–water partition coefficient (Wildman–Crippen LogP) is 5.01. The second kappa shape index (κ2) is 5.03. The van der Waals surface area contributed by atoms with Crippen LogP contribution in [0.5, 0.6) is 0 Å². The van der Waals surface area contributed by atoms with Crippen molar-refractivity contribution in [2.75, 3.05) is 6.26 Å². The summed E-state index contributed by atoms with van der Waals surface area (Å²) in [6, 6.07) is 1.17. The molecule has 0 radical (unpaired) electrons. The SMILES string of the molecule is CCc1cc(C(F)(F)F)c(SC)cc1C(F)(F)F. The fourth-order valence-corrected chi connectivity index (χ4v) is 2.20. The second-order valence-corrected chi connectivity index (χ2v) is 4.41. The molecule has 0 aliphatic heterocycles. The van der Waals surface area contributed by atoms with Crippen LogP contribution in [0.2, 0.25) is 0 Å². The van der Waals surface area contributed by atoms with Gasteiger partial charge in [-0.1, -0.05) is 6.92 Å². The molecule has 0 amide bonds. The third-order valence-electron chi connectivity index (χ3n) is 2.42. The normalized spacial score (nSPS) is 12.9. The highest BCUT2D eigenvalue weighted by atomic mass is 32.2. The van der Waals surface area contributed by atoms with Crippen molar-refractivity contribution in [1.82, 2.24) is 0 Å². The molecule has 0 bridgehead atoms. The summed E-state index contributed by atoms with van der Waals surface area (Å²) in [4.78, 5) is -0.410. The number of hydrogen-bond acceptors (Lipinski definition) is 1. The molecule has 0 aromatic heterocycles. The molecule has 102 valence electrons. The first-order valence-electron chi connectivity index (χ1n) is 4.96. The Bertz CT molecular complexity index is 391. The van der Waals surface area contributed by atoms with Crippen LogP contribution in [0.15, 0.2) is 17.0 Å². The first-order chi connectivity index (χ1) is 8.11. The third-order valence-corrected chi connectivity index (χ3v) is 3.19. The molecule has 0 saturated heterocycles. The Labute approximate surface area is 104 Å². The fourth-order valence-electron chi connectivity index (χ4n) is 1.57. The molecule has 18 heavy (non-hydrogen) atoms. The van der Waals surface area contributed by atoms with E-state index in [1.807, 2.05) is 0 Å². The zero-order chi connectivity index (χ0) is 14.1. The molecular formula is C11H10F6S. The number of alkyl halides is 6. The van der Waals surface area contributed by atoms with Gasteiger partial charge in [-0.05, 0) is 30.4 Å². The third kappa shape index (κ3) is 3.13. The van der Waals surface area contributed by atoms with Crippen LogP contribution in [0, 0.1) is 0 Å². The van der Waals surface area contributed by atoms with Crippen LogP contribution in [0.25, 0.3) is 0 Å². The second-order valence-electron chi connectivity index (χ2n) is 3.56. The summed E-state index contributed by atoms with van der Waals surface area (Å²) in [5.74, 6) is 0. The van der Waals surface area contributed by atoms with Gasteiger partial charge in [0.2, 0.25) is 0 Å². The standard InChI is InChI=1S/C11H10F6S/c1-3-6-4-8(11(15,16)17)9(18-2)5-7(6)10(12,13)14/h4-5H,3H2,1-2H3. The molecule has 0 N–H and O–H groups in total. The molecule has 1 aromatic rings. The van der Waals surface area contributed by atoms with Crippen molar-refractivity contribution in [3.63, 3.8) is 0 Å². The summed E-state index contributed by atoms with van der Waals surface area (Å²) in [5, 5.41) is 0. The maximum absolute atomic E-state index is 12.7. The molecule has 0 aliphatic carbocycles. The predicted molar refractivity (Wildman–Crippen MR) is 57.6 cm³/mol. The van der Waals surface area contributed by atoms with E-state index in [2.05, 4.69) is 0 Å². The average Bonchev–Trinajstić information content (AvgIpc) is 2.24. The smallest absolute Gasteiger partial charge is 0.166 e. The molecule has 0 spiro atoms. The van der Waals surface area contributed by atoms with Gasteiger partial charge in [-0.25, -0.2) is 0 Å². The molecule has 1 aromatic carbocycles. The number of hydrogen-bond donors (Lipinski definition) is 0. The van der Waals surface area contributed by atoms with Crippen LogP contribution in [0.4, 0.5) is 26.3 Å². The molecule has 0 heterocycles. The van der Waals surface area contributed by atoms with E-state index in [4.69, 9.17) is 0 Å². The molecule has 0 aliphatic rings. The van der Waals surface area contributed by atoms with Gasteiger partial charge in [0.15, 0.2) is 0 Å². The summed E-state index contributed by atoms with van der Waals surface area (Å²) < 4.78 is 76.1. The summed E-state index contributed by atoms with van der Waals surface area (Å²) in [5.41, 5.74) is -2.35. The number of benzene rings is 1. The Balaban J connectivity index is 3.52. The van der Waals surface area contributed by atoms with Gasteiger partial charge < -0.3 is 0 Å². The van der Waals surface area contributed by atoms with Crippen molar-refractivity contribution in [1.29, 1.82) is 0 Å². The highest BCUT2D eigenvalue weighted by Gasteiger charge is 2.38. The van der Waals surface area contributed by atoms with E-state index in [1.54, 1.807) is 0 Å². The largest absolute Gasteiger partial charge is 0.417 e. The quantitative estimate of drug-likeness (QED) is 0.544. The van der Waals surface area contributed by atoms with E-state index in [-0.39, 0.29) is 12.0 Å². The van der Waals surface area contributed by atoms with E-state index in [9.17, 15) is 26.3 Å². The van der Waals surface area contributed by atoms with Gasteiger partial charge in [-0.2, -0.15) is 26.3 Å². The van der Waals surface area contributed by atoms with Gasteiger partial charge in [-0.3, -0.25) is 0 Å². The minimum Gasteiger partial charge on any atom is -0.166 e. The maximum atomic E-state index is 12.7. The summed E-state index contributed by atoms with van der Waals surface area (Å²) in [6.07, 6.45) is -8.07. The summed E-state index contributed by atoms with van der Waals surface area (Å²) in [7, 11) is 0. The number of halogens is 6. The lowest BCUT2D eigenvalue weighted by Crippen LogP contribution is -2.14. The number of aryl methyl sites for hydroxylation is 1. The van der Waals surface area contributed by atoms with Crippen molar-refractivity contribution in [2.45, 2.75) is 30.6 Å². The number of thioether (sulfide) groups is 1. The Morgan fingerprint density at radius 3 is 1.78 bits per heavy atom. The van der Waals surface area contributed by atoms with Crippen molar-refractivity contribution in [3.8, 4) is 0 Å². The maximum Gasteiger partial charge on any atom is 0.417 e. The Morgan fingerprint density at radius 1 is 0.944 bits per heavy atom. The molecule has 7 heteroatoms. The Kier molecular flexibility index (Phi) is 4.25. The first kappa shape index (κ1) is 15.2. The van der Waals surface area contributed by atoms with Crippen molar-refractivity contribution in [3.05, 3.63) is 28.8 Å². The lowest BCUT2D eigenvalue weighted by Gasteiger charge is -2.18. The van der Waals surface area contributed by atoms with Crippen LogP contribution in [-0.2, 0) is 18.8 Å². The lowest BCUT2D eigenvalue weighted by atomic mass is 10.0. The van der Waals surface area contributed by atoms with Crippen molar-refractivity contribution < 1.29 is 26.3 Å². The van der Waals surface area contributed by atoms with Gasteiger partial charge in [-0.15, -0.1) is 11.8 Å². The van der Waals surface area contributed by atoms with Crippen molar-refractivity contribution >= 4 is 11.8 Å². The van der Waals surface area contributed by atoms with Crippen LogP contribution < -0.4 is 0 Å².